The van der Waals surface area contributed by atoms with Crippen LogP contribution in [-0.2, 0) is 0 Å². The minimum Gasteiger partial charge on any atom is -0.259 e. The van der Waals surface area contributed by atoms with E-state index in [9.17, 15) is 20.2 Å². The molecule has 0 saturated carbocycles. The van der Waals surface area contributed by atoms with Crippen LogP contribution in [-0.4, -0.2) is 9.85 Å². The summed E-state index contributed by atoms with van der Waals surface area (Å²) in [4.78, 5) is 17.7. The summed E-state index contributed by atoms with van der Waals surface area (Å²) in [5.74, 6) is 0. The number of nitro groups is 2. The maximum absolute atomic E-state index is 9.56. The van der Waals surface area contributed by atoms with Gasteiger partial charge in [-0.15, -0.1) is 0 Å². The molecular formula is C4H4N2O4. The van der Waals surface area contributed by atoms with Crippen molar-refractivity contribution < 1.29 is 9.85 Å². The van der Waals surface area contributed by atoms with Gasteiger partial charge >= 0.3 is 0 Å². The van der Waals surface area contributed by atoms with E-state index in [2.05, 4.69) is 0 Å². The van der Waals surface area contributed by atoms with E-state index in [1.807, 2.05) is 0 Å². The van der Waals surface area contributed by atoms with Crippen molar-refractivity contribution >= 4 is 0 Å². The molecule has 0 aliphatic rings. The average Bonchev–Trinajstić information content (AvgIpc) is 1.79. The van der Waals surface area contributed by atoms with Gasteiger partial charge in [0.1, 0.15) is 0 Å². The highest BCUT2D eigenvalue weighted by atomic mass is 16.6. The predicted octanol–water partition coefficient (Wildman–Crippen LogP) is 0.567. The number of hydrogen-bond donors (Lipinski definition) is 0. The van der Waals surface area contributed by atoms with Crippen molar-refractivity contribution in [2.75, 3.05) is 0 Å². The van der Waals surface area contributed by atoms with E-state index < -0.39 is 9.85 Å². The summed E-state index contributed by atoms with van der Waals surface area (Å²) in [5.41, 5.74) is 0. The average molecular weight is 144 g/mol. The van der Waals surface area contributed by atoms with Crippen LogP contribution in [0.2, 0.25) is 0 Å². The van der Waals surface area contributed by atoms with E-state index in [1.165, 1.54) is 0 Å². The lowest BCUT2D eigenvalue weighted by Gasteiger charge is -1.73. The number of hydrogen-bond acceptors (Lipinski definition) is 4. The summed E-state index contributed by atoms with van der Waals surface area (Å²) in [5, 5.41) is 19.1. The monoisotopic (exact) mass is 144 g/mol. The fourth-order valence-corrected chi connectivity index (χ4v) is 0.240. The topological polar surface area (TPSA) is 86.3 Å². The Bertz CT molecular complexity index is 173. The van der Waals surface area contributed by atoms with Gasteiger partial charge in [-0.05, 0) is 0 Å². The van der Waals surface area contributed by atoms with E-state index >= 15 is 0 Å². The molecule has 0 spiro atoms. The molecule has 0 aromatic heterocycles. The molecule has 6 heteroatoms. The van der Waals surface area contributed by atoms with Crippen LogP contribution in [0, 0.1) is 20.2 Å². The van der Waals surface area contributed by atoms with Crippen LogP contribution in [0.1, 0.15) is 0 Å². The highest BCUT2D eigenvalue weighted by Gasteiger charge is 1.82. The van der Waals surface area contributed by atoms with E-state index in [0.717, 1.165) is 12.2 Å². The Balaban J connectivity index is 3.73. The van der Waals surface area contributed by atoms with Gasteiger partial charge in [-0.3, -0.25) is 20.2 Å². The Morgan fingerprint density at radius 2 is 1.20 bits per heavy atom. The molecule has 0 saturated heterocycles. The summed E-state index contributed by atoms with van der Waals surface area (Å²) in [7, 11) is 0. The number of allylic oxidation sites excluding steroid dienone is 2. The zero-order chi connectivity index (χ0) is 7.98. The second-order valence-corrected chi connectivity index (χ2v) is 1.25. The van der Waals surface area contributed by atoms with Gasteiger partial charge in [0.05, 0.1) is 9.85 Å². The first kappa shape index (κ1) is 8.28. The second kappa shape index (κ2) is 4.19. The molecule has 6 nitrogen and oxygen atoms in total. The Kier molecular flexibility index (Phi) is 3.47. The Morgan fingerprint density at radius 1 is 0.900 bits per heavy atom. The lowest BCUT2D eigenvalue weighted by molar-refractivity contribution is -0.404. The van der Waals surface area contributed by atoms with E-state index in [-0.39, 0.29) is 0 Å². The van der Waals surface area contributed by atoms with Crippen molar-refractivity contribution in [1.29, 1.82) is 0 Å². The Hall–Kier alpha value is -1.72. The molecule has 0 aliphatic heterocycles. The van der Waals surface area contributed by atoms with Crippen LogP contribution in [0.4, 0.5) is 0 Å². The largest absolute Gasteiger partial charge is 0.259 e. The van der Waals surface area contributed by atoms with Crippen LogP contribution < -0.4 is 0 Å². The molecule has 0 radical (unpaired) electrons. The first-order chi connectivity index (χ1) is 4.63. The summed E-state index contributed by atoms with van der Waals surface area (Å²) < 4.78 is 0. The SMILES string of the molecule is O=[N+]([O-])/C=C/C=C/[N+](=O)[O-]. The maximum atomic E-state index is 9.56. The van der Waals surface area contributed by atoms with Gasteiger partial charge in [-0.2, -0.15) is 0 Å². The summed E-state index contributed by atoms with van der Waals surface area (Å²) >= 11 is 0. The zero-order valence-corrected chi connectivity index (χ0v) is 4.84. The molecule has 0 atom stereocenters. The molecular weight excluding hydrogens is 140 g/mol. The van der Waals surface area contributed by atoms with Crippen molar-refractivity contribution in [3.63, 3.8) is 0 Å². The minimum absolute atomic E-state index is 0.611. The van der Waals surface area contributed by atoms with E-state index in [1.54, 1.807) is 0 Å². The van der Waals surface area contributed by atoms with Crippen molar-refractivity contribution in [1.82, 2.24) is 0 Å². The Labute approximate surface area is 55.8 Å². The van der Waals surface area contributed by atoms with Crippen molar-refractivity contribution in [2.45, 2.75) is 0 Å². The molecule has 0 fully saturated rings. The van der Waals surface area contributed by atoms with Crippen LogP contribution in [0.15, 0.2) is 24.6 Å². The van der Waals surface area contributed by atoms with E-state index in [0.29, 0.717) is 12.4 Å². The molecule has 0 heterocycles. The third kappa shape index (κ3) is 6.28. The first-order valence-electron chi connectivity index (χ1n) is 2.25. The lowest BCUT2D eigenvalue weighted by Crippen LogP contribution is -1.83. The van der Waals surface area contributed by atoms with Crippen LogP contribution in [0.5, 0.6) is 0 Å². The van der Waals surface area contributed by atoms with Crippen LogP contribution in [0.25, 0.3) is 0 Å². The first-order valence-corrected chi connectivity index (χ1v) is 2.25. The third-order valence-electron chi connectivity index (χ3n) is 0.527. The van der Waals surface area contributed by atoms with Crippen molar-refractivity contribution in [2.24, 2.45) is 0 Å². The molecule has 0 aliphatic carbocycles. The quantitative estimate of drug-likeness (QED) is 0.329. The third-order valence-corrected chi connectivity index (χ3v) is 0.527. The van der Waals surface area contributed by atoms with E-state index in [4.69, 9.17) is 0 Å². The molecule has 0 amide bonds. The lowest BCUT2D eigenvalue weighted by atomic mass is 10.6. The molecule has 0 aromatic rings. The summed E-state index contributed by atoms with van der Waals surface area (Å²) in [6.45, 7) is 0. The van der Waals surface area contributed by atoms with Gasteiger partial charge in [-0.1, -0.05) is 0 Å². The molecule has 54 valence electrons. The van der Waals surface area contributed by atoms with Gasteiger partial charge in [0.15, 0.2) is 0 Å². The van der Waals surface area contributed by atoms with Gasteiger partial charge < -0.3 is 0 Å². The molecule has 10 heavy (non-hydrogen) atoms. The van der Waals surface area contributed by atoms with Gasteiger partial charge in [0.2, 0.25) is 12.4 Å². The Morgan fingerprint density at radius 3 is 1.40 bits per heavy atom. The number of rotatable bonds is 3. The fraction of sp³-hybridized carbons (Fsp3) is 0. The smallest absolute Gasteiger partial charge is 0.234 e. The van der Waals surface area contributed by atoms with Gasteiger partial charge in [0.25, 0.3) is 0 Å². The molecule has 0 unspecified atom stereocenters. The van der Waals surface area contributed by atoms with Gasteiger partial charge in [0, 0.05) is 12.2 Å². The standard InChI is InChI=1S/C4H4N2O4/c7-5(8)3-1-2-4-6(9)10/h1-4H/b3-1+,4-2+. The number of nitrogens with zero attached hydrogens (tertiary/aromatic N) is 2. The normalized spacial score (nSPS) is 10.8. The highest BCUT2D eigenvalue weighted by Crippen LogP contribution is 1.78. The zero-order valence-electron chi connectivity index (χ0n) is 4.84. The molecule has 0 bridgehead atoms. The van der Waals surface area contributed by atoms with Crippen LogP contribution in [0.3, 0.4) is 0 Å². The summed E-state index contributed by atoms with van der Waals surface area (Å²) in [6, 6.07) is 0. The molecule has 0 N–H and O–H groups in total. The van der Waals surface area contributed by atoms with Gasteiger partial charge in [-0.25, -0.2) is 0 Å². The predicted molar refractivity (Wildman–Crippen MR) is 32.3 cm³/mol. The van der Waals surface area contributed by atoms with Crippen molar-refractivity contribution in [3.05, 3.63) is 44.8 Å². The molecule has 0 aromatic carbocycles. The van der Waals surface area contributed by atoms with Crippen molar-refractivity contribution in [3.8, 4) is 0 Å². The highest BCUT2D eigenvalue weighted by molar-refractivity contribution is 4.95. The second-order valence-electron chi connectivity index (χ2n) is 1.25. The maximum Gasteiger partial charge on any atom is 0.234 e. The minimum atomic E-state index is -0.704. The van der Waals surface area contributed by atoms with Crippen LogP contribution >= 0.6 is 0 Å². The molecule has 0 rings (SSSR count). The fourth-order valence-electron chi connectivity index (χ4n) is 0.240. The summed E-state index contributed by atoms with van der Waals surface area (Å²) in [6.07, 6.45) is 3.17.